The van der Waals surface area contributed by atoms with E-state index in [1.54, 1.807) is 39.8 Å². The number of aliphatic hydroxyl groups excluding tert-OH is 2. The molecular formula is C24H28N2O4. The molecule has 2 amide bonds. The van der Waals surface area contributed by atoms with E-state index >= 15 is 0 Å². The average molecular weight is 408 g/mol. The zero-order chi connectivity index (χ0) is 22.1. The molecule has 0 aromatic heterocycles. The van der Waals surface area contributed by atoms with Crippen molar-refractivity contribution in [2.45, 2.75) is 38.8 Å². The smallest absolute Gasteiger partial charge is 0.252 e. The van der Waals surface area contributed by atoms with Crippen LogP contribution in [0.15, 0.2) is 48.5 Å². The largest absolute Gasteiger partial charge is 0.394 e. The fourth-order valence-corrected chi connectivity index (χ4v) is 3.28. The quantitative estimate of drug-likeness (QED) is 0.471. The van der Waals surface area contributed by atoms with Crippen LogP contribution in [0.2, 0.25) is 0 Å². The molecule has 0 fully saturated rings. The molecule has 0 aliphatic carbocycles. The van der Waals surface area contributed by atoms with Gasteiger partial charge in [-0.15, -0.1) is 0 Å². The van der Waals surface area contributed by atoms with Crippen LogP contribution in [0, 0.1) is 0 Å². The first-order valence-electron chi connectivity index (χ1n) is 9.89. The molecule has 3 aromatic carbocycles. The van der Waals surface area contributed by atoms with E-state index in [2.05, 4.69) is 10.6 Å². The number of nitrogens with one attached hydrogen (secondary N) is 2. The summed E-state index contributed by atoms with van der Waals surface area (Å²) in [5.74, 6) is -0.579. The lowest BCUT2D eigenvalue weighted by Gasteiger charge is -2.24. The van der Waals surface area contributed by atoms with Gasteiger partial charge in [0.25, 0.3) is 11.8 Å². The number of amides is 2. The van der Waals surface area contributed by atoms with E-state index < -0.39 is 11.1 Å². The van der Waals surface area contributed by atoms with Gasteiger partial charge in [0, 0.05) is 11.1 Å². The number of benzene rings is 3. The van der Waals surface area contributed by atoms with Gasteiger partial charge in [-0.05, 0) is 73.5 Å². The highest BCUT2D eigenvalue weighted by Crippen LogP contribution is 2.28. The Morgan fingerprint density at radius 1 is 0.733 bits per heavy atom. The van der Waals surface area contributed by atoms with Crippen LogP contribution in [-0.2, 0) is 0 Å². The van der Waals surface area contributed by atoms with Crippen LogP contribution < -0.4 is 10.6 Å². The van der Waals surface area contributed by atoms with Gasteiger partial charge in [-0.3, -0.25) is 9.59 Å². The van der Waals surface area contributed by atoms with Crippen molar-refractivity contribution >= 4 is 33.4 Å². The Morgan fingerprint density at radius 2 is 1.13 bits per heavy atom. The number of hydrogen-bond acceptors (Lipinski definition) is 4. The molecule has 0 bridgehead atoms. The molecular weight excluding hydrogens is 380 g/mol. The summed E-state index contributed by atoms with van der Waals surface area (Å²) in [6.07, 6.45) is 0. The molecule has 6 nitrogen and oxygen atoms in total. The minimum atomic E-state index is -0.753. The Bertz CT molecular complexity index is 1030. The highest BCUT2D eigenvalue weighted by Gasteiger charge is 2.23. The van der Waals surface area contributed by atoms with E-state index in [4.69, 9.17) is 0 Å². The predicted octanol–water partition coefficient (Wildman–Crippen LogP) is 2.99. The first-order valence-corrected chi connectivity index (χ1v) is 9.89. The minimum Gasteiger partial charge on any atom is -0.394 e. The molecule has 0 aliphatic rings. The van der Waals surface area contributed by atoms with Crippen molar-refractivity contribution in [3.8, 4) is 0 Å². The predicted molar refractivity (Wildman–Crippen MR) is 119 cm³/mol. The summed E-state index contributed by atoms with van der Waals surface area (Å²) in [6, 6.07) is 14.7. The van der Waals surface area contributed by atoms with Gasteiger partial charge in [0.05, 0.1) is 24.3 Å². The molecule has 0 saturated carbocycles. The van der Waals surface area contributed by atoms with E-state index in [-0.39, 0.29) is 25.0 Å². The molecule has 3 rings (SSSR count). The monoisotopic (exact) mass is 408 g/mol. The van der Waals surface area contributed by atoms with Crippen LogP contribution in [0.1, 0.15) is 48.4 Å². The Labute approximate surface area is 175 Å². The van der Waals surface area contributed by atoms with E-state index in [1.807, 2.05) is 36.4 Å². The van der Waals surface area contributed by atoms with Gasteiger partial charge in [0.2, 0.25) is 0 Å². The fraction of sp³-hybridized carbons (Fsp3) is 0.333. The van der Waals surface area contributed by atoms with E-state index in [1.165, 1.54) is 0 Å². The number of fused-ring (bicyclic) bond motifs is 2. The molecule has 30 heavy (non-hydrogen) atoms. The molecule has 0 atom stereocenters. The highest BCUT2D eigenvalue weighted by molar-refractivity contribution is 6.15. The molecule has 4 N–H and O–H groups in total. The van der Waals surface area contributed by atoms with Gasteiger partial charge in [-0.2, -0.15) is 0 Å². The summed E-state index contributed by atoms with van der Waals surface area (Å²) in [5, 5.41) is 27.8. The van der Waals surface area contributed by atoms with Gasteiger partial charge < -0.3 is 20.8 Å². The topological polar surface area (TPSA) is 98.7 Å². The number of hydrogen-bond donors (Lipinski definition) is 4. The minimum absolute atomic E-state index is 0.183. The summed E-state index contributed by atoms with van der Waals surface area (Å²) in [6.45, 7) is 6.62. The number of rotatable bonds is 6. The van der Waals surface area contributed by atoms with Crippen molar-refractivity contribution in [2.24, 2.45) is 0 Å². The molecule has 6 heteroatoms. The SMILES string of the molecule is CC(C)(CO)NC(=O)c1cccc2cc3cccc(C(=O)NC(C)(C)CO)c3cc12. The lowest BCUT2D eigenvalue weighted by Crippen LogP contribution is -2.46. The van der Waals surface area contributed by atoms with Crippen LogP contribution in [0.5, 0.6) is 0 Å². The van der Waals surface area contributed by atoms with Crippen molar-refractivity contribution in [1.29, 1.82) is 0 Å². The molecule has 0 heterocycles. The summed E-state index contributed by atoms with van der Waals surface area (Å²) in [7, 11) is 0. The van der Waals surface area contributed by atoms with Gasteiger partial charge in [0.1, 0.15) is 0 Å². The molecule has 158 valence electrons. The van der Waals surface area contributed by atoms with Crippen molar-refractivity contribution in [2.75, 3.05) is 13.2 Å². The number of carbonyl (C=O) groups is 2. The Morgan fingerprint density at radius 3 is 1.50 bits per heavy atom. The summed E-state index contributed by atoms with van der Waals surface area (Å²) < 4.78 is 0. The number of carbonyl (C=O) groups excluding carboxylic acids is 2. The van der Waals surface area contributed by atoms with Crippen LogP contribution in [0.4, 0.5) is 0 Å². The number of aliphatic hydroxyl groups is 2. The van der Waals surface area contributed by atoms with Crippen LogP contribution >= 0.6 is 0 Å². The third kappa shape index (κ3) is 4.45. The Kier molecular flexibility index (Phi) is 5.83. The van der Waals surface area contributed by atoms with Gasteiger partial charge in [-0.1, -0.05) is 24.3 Å². The molecule has 0 radical (unpaired) electrons. The second-order valence-electron chi connectivity index (χ2n) is 8.90. The molecule has 0 spiro atoms. The maximum absolute atomic E-state index is 12.9. The van der Waals surface area contributed by atoms with E-state index in [9.17, 15) is 19.8 Å². The summed E-state index contributed by atoms with van der Waals surface area (Å²) in [4.78, 5) is 25.8. The lowest BCUT2D eigenvalue weighted by molar-refractivity contribution is 0.0863. The normalized spacial score (nSPS) is 12.2. The average Bonchev–Trinajstić information content (AvgIpc) is 2.70. The standard InChI is InChI=1S/C24H28N2O4/c1-23(2,13-27)25-21(29)17-9-5-7-15-11-16-8-6-10-18(20(16)12-19(15)17)22(30)26-24(3,4)14-28/h5-12,27-28H,13-14H2,1-4H3,(H,25,29)(H,26,30). The Hall–Kier alpha value is -2.96. The van der Waals surface area contributed by atoms with Crippen molar-refractivity contribution in [3.63, 3.8) is 0 Å². The van der Waals surface area contributed by atoms with Crippen LogP contribution in [-0.4, -0.2) is 46.3 Å². The van der Waals surface area contributed by atoms with Crippen LogP contribution in [0.3, 0.4) is 0 Å². The van der Waals surface area contributed by atoms with E-state index in [0.29, 0.717) is 11.1 Å². The first-order chi connectivity index (χ1) is 14.1. The van der Waals surface area contributed by atoms with Crippen molar-refractivity contribution in [1.82, 2.24) is 10.6 Å². The maximum atomic E-state index is 12.9. The first kappa shape index (κ1) is 21.7. The molecule has 0 aliphatic heterocycles. The summed E-state index contributed by atoms with van der Waals surface area (Å²) in [5.41, 5.74) is -0.558. The van der Waals surface area contributed by atoms with Crippen molar-refractivity contribution in [3.05, 3.63) is 59.7 Å². The third-order valence-electron chi connectivity index (χ3n) is 5.06. The van der Waals surface area contributed by atoms with Crippen molar-refractivity contribution < 1.29 is 19.8 Å². The fourth-order valence-electron chi connectivity index (χ4n) is 3.28. The zero-order valence-corrected chi connectivity index (χ0v) is 17.7. The van der Waals surface area contributed by atoms with Gasteiger partial charge in [-0.25, -0.2) is 0 Å². The second kappa shape index (κ2) is 8.05. The maximum Gasteiger partial charge on any atom is 0.252 e. The molecule has 0 unspecified atom stereocenters. The van der Waals surface area contributed by atoms with Gasteiger partial charge in [0.15, 0.2) is 0 Å². The highest BCUT2D eigenvalue weighted by atomic mass is 16.3. The second-order valence-corrected chi connectivity index (χ2v) is 8.90. The van der Waals surface area contributed by atoms with Crippen LogP contribution in [0.25, 0.3) is 21.5 Å². The summed E-state index contributed by atoms with van der Waals surface area (Å²) >= 11 is 0. The Balaban J connectivity index is 2.14. The molecule has 3 aromatic rings. The van der Waals surface area contributed by atoms with E-state index in [0.717, 1.165) is 21.5 Å². The molecule has 0 saturated heterocycles. The lowest BCUT2D eigenvalue weighted by atomic mass is 9.95. The third-order valence-corrected chi connectivity index (χ3v) is 5.06. The van der Waals surface area contributed by atoms with Gasteiger partial charge >= 0.3 is 0 Å². The zero-order valence-electron chi connectivity index (χ0n) is 17.7.